The van der Waals surface area contributed by atoms with Crippen molar-refractivity contribution < 1.29 is 0 Å². The van der Waals surface area contributed by atoms with Gasteiger partial charge in [-0.05, 0) is 111 Å². The molecule has 1 heteroatoms. The summed E-state index contributed by atoms with van der Waals surface area (Å²) in [6, 6.07) is 70.0. The van der Waals surface area contributed by atoms with Crippen molar-refractivity contribution in [1.82, 2.24) is 4.57 Å². The molecule has 8 aromatic carbocycles. The van der Waals surface area contributed by atoms with E-state index in [0.717, 1.165) is 24.8 Å². The molecule has 1 aromatic heterocycles. The number of aromatic nitrogens is 1. The lowest BCUT2D eigenvalue weighted by molar-refractivity contribution is 0.973. The van der Waals surface area contributed by atoms with Crippen LogP contribution in [0.4, 0.5) is 0 Å². The molecule has 0 radical (unpaired) electrons. The Morgan fingerprint density at radius 1 is 0.492 bits per heavy atom. The third-order valence-corrected chi connectivity index (χ3v) is 11.1. The largest absolute Gasteiger partial charge is 0.309 e. The van der Waals surface area contributed by atoms with Gasteiger partial charge in [-0.15, -0.1) is 0 Å². The molecular weight excluding hydrogens is 711 g/mol. The first kappa shape index (κ1) is 38.9. The van der Waals surface area contributed by atoms with Gasteiger partial charge < -0.3 is 4.57 Å². The van der Waals surface area contributed by atoms with Crippen LogP contribution >= 0.6 is 0 Å². The van der Waals surface area contributed by atoms with E-state index in [1.807, 2.05) is 25.1 Å². The van der Waals surface area contributed by atoms with E-state index in [9.17, 15) is 0 Å². The van der Waals surface area contributed by atoms with Crippen molar-refractivity contribution in [2.75, 3.05) is 0 Å². The maximum Gasteiger partial charge on any atom is 0.0541 e. The smallest absolute Gasteiger partial charge is 0.0541 e. The Balaban J connectivity index is 0.000000478. The van der Waals surface area contributed by atoms with Gasteiger partial charge in [0, 0.05) is 16.5 Å². The summed E-state index contributed by atoms with van der Waals surface area (Å²) in [6.07, 6.45) is 7.88. The summed E-state index contributed by atoms with van der Waals surface area (Å²) < 4.78 is 2.37. The van der Waals surface area contributed by atoms with Gasteiger partial charge >= 0.3 is 0 Å². The molecule has 0 aliphatic rings. The van der Waals surface area contributed by atoms with Crippen molar-refractivity contribution in [3.63, 3.8) is 0 Å². The van der Waals surface area contributed by atoms with Crippen LogP contribution in [0.5, 0.6) is 0 Å². The van der Waals surface area contributed by atoms with Crippen LogP contribution in [0, 0.1) is 0 Å². The number of allylic oxidation sites excluding steroid dienone is 5. The van der Waals surface area contributed by atoms with Crippen LogP contribution in [0.2, 0.25) is 0 Å². The molecule has 0 fully saturated rings. The quantitative estimate of drug-likeness (QED) is 0.122. The summed E-state index contributed by atoms with van der Waals surface area (Å²) in [5.74, 6) is 0. The highest BCUT2D eigenvalue weighted by Crippen LogP contribution is 2.34. The Hall–Kier alpha value is -6.96. The molecular formula is C58H51N. The van der Waals surface area contributed by atoms with Crippen LogP contribution in [0.1, 0.15) is 56.7 Å². The molecule has 288 valence electrons. The minimum absolute atomic E-state index is 0.987. The monoisotopic (exact) mass is 761 g/mol. The van der Waals surface area contributed by atoms with Gasteiger partial charge in [-0.1, -0.05) is 208 Å². The number of nitrogens with zero attached hydrogens (tertiary/aromatic N) is 1. The SMILES string of the molecule is C=C(C)c1ccccc1.CC/C=C(/C=C(\CCC)c1ccc(-c2ccc(-n3c4ccccc4c4ccccc43)cc2)cc1)c1ccc(-c2ccc3ccccc3c2)cc1. The van der Waals surface area contributed by atoms with E-state index >= 15 is 0 Å². The van der Waals surface area contributed by atoms with Crippen molar-refractivity contribution in [2.24, 2.45) is 0 Å². The highest BCUT2D eigenvalue weighted by molar-refractivity contribution is 6.09. The van der Waals surface area contributed by atoms with Crippen molar-refractivity contribution >= 4 is 49.3 Å². The van der Waals surface area contributed by atoms with Gasteiger partial charge in [0.2, 0.25) is 0 Å². The van der Waals surface area contributed by atoms with Gasteiger partial charge in [0.05, 0.1) is 11.0 Å². The molecule has 0 bridgehead atoms. The minimum atomic E-state index is 0.987. The molecule has 59 heavy (non-hydrogen) atoms. The Labute approximate surface area is 349 Å². The number of hydrogen-bond donors (Lipinski definition) is 0. The predicted molar refractivity (Wildman–Crippen MR) is 258 cm³/mol. The molecule has 0 spiro atoms. The maximum absolute atomic E-state index is 3.83. The van der Waals surface area contributed by atoms with Crippen molar-refractivity contribution in [1.29, 1.82) is 0 Å². The molecule has 9 aromatic rings. The highest BCUT2D eigenvalue weighted by atomic mass is 15.0. The first-order chi connectivity index (χ1) is 29.0. The fourth-order valence-corrected chi connectivity index (χ4v) is 8.06. The van der Waals surface area contributed by atoms with Crippen molar-refractivity contribution in [2.45, 2.75) is 40.0 Å². The average Bonchev–Trinajstić information content (AvgIpc) is 3.63. The molecule has 0 atom stereocenters. The minimum Gasteiger partial charge on any atom is -0.309 e. The molecule has 0 aliphatic carbocycles. The third kappa shape index (κ3) is 8.66. The van der Waals surface area contributed by atoms with E-state index in [2.05, 4.69) is 213 Å². The normalized spacial score (nSPS) is 11.8. The first-order valence-electron chi connectivity index (χ1n) is 20.9. The van der Waals surface area contributed by atoms with Crippen molar-refractivity contribution in [3.8, 4) is 27.9 Å². The van der Waals surface area contributed by atoms with Crippen LogP contribution in [-0.4, -0.2) is 4.57 Å². The van der Waals surface area contributed by atoms with E-state index in [4.69, 9.17) is 0 Å². The second-order valence-electron chi connectivity index (χ2n) is 15.3. The molecule has 0 saturated carbocycles. The zero-order valence-corrected chi connectivity index (χ0v) is 34.4. The van der Waals surface area contributed by atoms with E-state index in [0.29, 0.717) is 0 Å². The zero-order chi connectivity index (χ0) is 40.6. The fraction of sp³-hybridized carbons (Fsp3) is 0.103. The summed E-state index contributed by atoms with van der Waals surface area (Å²) >= 11 is 0. The number of benzene rings is 8. The van der Waals surface area contributed by atoms with E-state index in [-0.39, 0.29) is 0 Å². The standard InChI is InChI=1S/C49H41N.C9H10/c1-3-11-41(33-42(12-4-2)39-23-25-40(26-24-39)44-28-27-35-13-5-6-14-43(35)34-44)38-21-19-36(20-22-38)37-29-31-45(32-30-37)50-48-17-9-7-15-46(48)47-16-8-10-18-49(47)50;1-8(2)9-6-4-3-5-7-9/h5-10,12-34H,3-4,11H2,1-2H3;3-7H,1H2,2H3/b41-33+,42-12-;. The van der Waals surface area contributed by atoms with E-state index < -0.39 is 0 Å². The van der Waals surface area contributed by atoms with Gasteiger partial charge in [-0.2, -0.15) is 0 Å². The lowest BCUT2D eigenvalue weighted by Crippen LogP contribution is -1.93. The lowest BCUT2D eigenvalue weighted by Gasteiger charge is -2.12. The number of hydrogen-bond acceptors (Lipinski definition) is 0. The number of rotatable bonds is 10. The third-order valence-electron chi connectivity index (χ3n) is 11.1. The Kier molecular flexibility index (Phi) is 11.9. The van der Waals surface area contributed by atoms with E-state index in [1.165, 1.54) is 88.4 Å². The molecule has 0 amide bonds. The topological polar surface area (TPSA) is 4.93 Å². The molecule has 0 unspecified atom stereocenters. The van der Waals surface area contributed by atoms with Gasteiger partial charge in [-0.25, -0.2) is 0 Å². The van der Waals surface area contributed by atoms with Gasteiger partial charge in [0.15, 0.2) is 0 Å². The molecule has 0 aliphatic heterocycles. The van der Waals surface area contributed by atoms with Gasteiger partial charge in [-0.3, -0.25) is 0 Å². The Morgan fingerprint density at radius 3 is 1.58 bits per heavy atom. The van der Waals surface area contributed by atoms with Crippen molar-refractivity contribution in [3.05, 3.63) is 230 Å². The van der Waals surface area contributed by atoms with Gasteiger partial charge in [0.1, 0.15) is 0 Å². The molecule has 0 saturated heterocycles. The molecule has 1 nitrogen and oxygen atoms in total. The average molecular weight is 762 g/mol. The van der Waals surface area contributed by atoms with Crippen LogP contribution in [0.3, 0.4) is 0 Å². The number of para-hydroxylation sites is 2. The summed E-state index contributed by atoms with van der Waals surface area (Å²) in [4.78, 5) is 0. The second kappa shape index (κ2) is 18.1. The second-order valence-corrected chi connectivity index (χ2v) is 15.3. The zero-order valence-electron chi connectivity index (χ0n) is 34.4. The van der Waals surface area contributed by atoms with Gasteiger partial charge in [0.25, 0.3) is 0 Å². The summed E-state index contributed by atoms with van der Waals surface area (Å²) in [5.41, 5.74) is 16.1. The van der Waals surface area contributed by atoms with Crippen LogP contribution in [0.15, 0.2) is 213 Å². The Bertz CT molecular complexity index is 2850. The summed E-state index contributed by atoms with van der Waals surface area (Å²) in [6.45, 7) is 10.3. The summed E-state index contributed by atoms with van der Waals surface area (Å²) in [7, 11) is 0. The van der Waals surface area contributed by atoms with Crippen LogP contribution in [0.25, 0.3) is 77.2 Å². The first-order valence-corrected chi connectivity index (χ1v) is 20.9. The molecule has 1 heterocycles. The molecule has 0 N–H and O–H groups in total. The highest BCUT2D eigenvalue weighted by Gasteiger charge is 2.12. The van der Waals surface area contributed by atoms with E-state index in [1.54, 1.807) is 0 Å². The van der Waals surface area contributed by atoms with Crippen LogP contribution < -0.4 is 0 Å². The Morgan fingerprint density at radius 2 is 1.00 bits per heavy atom. The predicted octanol–water partition coefficient (Wildman–Crippen LogP) is 16.7. The number of fused-ring (bicyclic) bond motifs is 4. The fourth-order valence-electron chi connectivity index (χ4n) is 8.06. The van der Waals surface area contributed by atoms with Crippen LogP contribution in [-0.2, 0) is 0 Å². The maximum atomic E-state index is 3.83. The summed E-state index contributed by atoms with van der Waals surface area (Å²) in [5, 5.41) is 5.12. The molecule has 9 rings (SSSR count). The lowest BCUT2D eigenvalue weighted by atomic mass is 9.93.